The third-order valence-electron chi connectivity index (χ3n) is 4.24. The zero-order chi connectivity index (χ0) is 16.8. The molecule has 1 heterocycles. The number of nitrogens with zero attached hydrogens (tertiary/aromatic N) is 1. The van der Waals surface area contributed by atoms with Crippen molar-refractivity contribution in [1.82, 2.24) is 10.2 Å². The molecular weight excluding hydrogens is 292 g/mol. The molecule has 5 heteroatoms. The van der Waals surface area contributed by atoms with E-state index in [9.17, 15) is 9.59 Å². The minimum absolute atomic E-state index is 0.0292. The van der Waals surface area contributed by atoms with Gasteiger partial charge in [0.05, 0.1) is 7.11 Å². The van der Waals surface area contributed by atoms with Crippen LogP contribution in [0.2, 0.25) is 0 Å². The summed E-state index contributed by atoms with van der Waals surface area (Å²) in [6.07, 6.45) is 3.26. The van der Waals surface area contributed by atoms with Crippen molar-refractivity contribution in [2.24, 2.45) is 5.92 Å². The van der Waals surface area contributed by atoms with E-state index in [0.29, 0.717) is 11.3 Å². The zero-order valence-corrected chi connectivity index (χ0v) is 14.2. The van der Waals surface area contributed by atoms with Gasteiger partial charge in [0, 0.05) is 18.7 Å². The van der Waals surface area contributed by atoms with Gasteiger partial charge in [-0.15, -0.1) is 0 Å². The minimum Gasteiger partial charge on any atom is -0.497 e. The van der Waals surface area contributed by atoms with Crippen LogP contribution < -0.4 is 10.1 Å². The van der Waals surface area contributed by atoms with E-state index < -0.39 is 6.04 Å². The molecule has 2 amide bonds. The highest BCUT2D eigenvalue weighted by atomic mass is 16.5. The van der Waals surface area contributed by atoms with Gasteiger partial charge in [0.25, 0.3) is 5.91 Å². The van der Waals surface area contributed by atoms with Gasteiger partial charge < -0.3 is 15.0 Å². The molecular formula is C18H26N2O3. The summed E-state index contributed by atoms with van der Waals surface area (Å²) < 4.78 is 5.09. The predicted octanol–water partition coefficient (Wildman–Crippen LogP) is 2.46. The fourth-order valence-corrected chi connectivity index (χ4v) is 2.79. The Bertz CT molecular complexity index is 534. The number of carbonyl (C=O) groups is 2. The molecule has 1 aliphatic heterocycles. The van der Waals surface area contributed by atoms with Crippen LogP contribution in [0.15, 0.2) is 24.3 Å². The largest absolute Gasteiger partial charge is 0.497 e. The highest BCUT2D eigenvalue weighted by Crippen LogP contribution is 2.15. The smallest absolute Gasteiger partial charge is 0.251 e. The first-order valence-corrected chi connectivity index (χ1v) is 8.26. The Kier molecular flexibility index (Phi) is 6.02. The van der Waals surface area contributed by atoms with Crippen molar-refractivity contribution in [3.8, 4) is 5.75 Å². The number of amides is 2. The molecule has 0 aromatic heterocycles. The monoisotopic (exact) mass is 318 g/mol. The highest BCUT2D eigenvalue weighted by molar-refractivity contribution is 5.97. The third-order valence-corrected chi connectivity index (χ3v) is 4.24. The van der Waals surface area contributed by atoms with Gasteiger partial charge in [-0.05, 0) is 49.4 Å². The van der Waals surface area contributed by atoms with Crippen LogP contribution >= 0.6 is 0 Å². The first-order chi connectivity index (χ1) is 11.0. The van der Waals surface area contributed by atoms with E-state index in [0.717, 1.165) is 25.9 Å². The molecule has 1 fully saturated rings. The maximum absolute atomic E-state index is 12.7. The van der Waals surface area contributed by atoms with E-state index in [4.69, 9.17) is 4.74 Å². The number of piperidine rings is 1. The van der Waals surface area contributed by atoms with Crippen LogP contribution in [-0.2, 0) is 4.79 Å². The van der Waals surface area contributed by atoms with E-state index in [-0.39, 0.29) is 17.7 Å². The second kappa shape index (κ2) is 7.99. The number of hydrogen-bond donors (Lipinski definition) is 1. The average molecular weight is 318 g/mol. The lowest BCUT2D eigenvalue weighted by molar-refractivity contribution is -0.135. The molecule has 0 saturated carbocycles. The Morgan fingerprint density at radius 2 is 1.70 bits per heavy atom. The molecule has 1 aliphatic rings. The molecule has 5 nitrogen and oxygen atoms in total. The van der Waals surface area contributed by atoms with Crippen LogP contribution in [0.3, 0.4) is 0 Å². The normalized spacial score (nSPS) is 16.1. The maximum atomic E-state index is 12.7. The highest BCUT2D eigenvalue weighted by Gasteiger charge is 2.29. The number of hydrogen-bond acceptors (Lipinski definition) is 3. The summed E-state index contributed by atoms with van der Waals surface area (Å²) in [6, 6.07) is 6.41. The van der Waals surface area contributed by atoms with Crippen LogP contribution in [-0.4, -0.2) is 43.0 Å². The maximum Gasteiger partial charge on any atom is 0.251 e. The van der Waals surface area contributed by atoms with Crippen molar-refractivity contribution < 1.29 is 14.3 Å². The Labute approximate surface area is 138 Å². The number of nitrogens with one attached hydrogen (secondary N) is 1. The van der Waals surface area contributed by atoms with Crippen LogP contribution in [0.25, 0.3) is 0 Å². The SMILES string of the molecule is COc1ccc(C(=O)N[C@@H](C(=O)N2CCCCC2)C(C)C)cc1. The fraction of sp³-hybridized carbons (Fsp3) is 0.556. The van der Waals surface area contributed by atoms with Crippen molar-refractivity contribution >= 4 is 11.8 Å². The van der Waals surface area contributed by atoms with E-state index in [1.54, 1.807) is 31.4 Å². The van der Waals surface area contributed by atoms with E-state index in [1.807, 2.05) is 18.7 Å². The van der Waals surface area contributed by atoms with Crippen molar-refractivity contribution in [1.29, 1.82) is 0 Å². The standard InChI is InChI=1S/C18H26N2O3/c1-13(2)16(18(22)20-11-5-4-6-12-20)19-17(21)14-7-9-15(23-3)10-8-14/h7-10,13,16H,4-6,11-12H2,1-3H3,(H,19,21)/t16-/m1/s1. The molecule has 1 aromatic carbocycles. The molecule has 0 radical (unpaired) electrons. The molecule has 1 N–H and O–H groups in total. The summed E-state index contributed by atoms with van der Waals surface area (Å²) in [4.78, 5) is 27.0. The summed E-state index contributed by atoms with van der Waals surface area (Å²) in [6.45, 7) is 5.50. The van der Waals surface area contributed by atoms with Gasteiger partial charge in [-0.3, -0.25) is 9.59 Å². The number of carbonyl (C=O) groups excluding carboxylic acids is 2. The van der Waals surface area contributed by atoms with E-state index >= 15 is 0 Å². The molecule has 1 atom stereocenters. The van der Waals surface area contributed by atoms with Gasteiger partial charge in [0.15, 0.2) is 0 Å². The van der Waals surface area contributed by atoms with Crippen molar-refractivity contribution in [3.63, 3.8) is 0 Å². The van der Waals surface area contributed by atoms with Crippen LogP contribution in [0.1, 0.15) is 43.5 Å². The lowest BCUT2D eigenvalue weighted by Crippen LogP contribution is -2.52. The van der Waals surface area contributed by atoms with Crippen LogP contribution in [0.4, 0.5) is 0 Å². The van der Waals surface area contributed by atoms with Crippen LogP contribution in [0, 0.1) is 5.92 Å². The third kappa shape index (κ3) is 4.47. The molecule has 0 unspecified atom stereocenters. The number of benzene rings is 1. The minimum atomic E-state index is -0.484. The second-order valence-electron chi connectivity index (χ2n) is 6.31. The van der Waals surface area contributed by atoms with Gasteiger partial charge in [-0.1, -0.05) is 13.8 Å². The fourth-order valence-electron chi connectivity index (χ4n) is 2.79. The molecule has 0 spiro atoms. The van der Waals surface area contributed by atoms with Gasteiger partial charge in [0.1, 0.15) is 11.8 Å². The van der Waals surface area contributed by atoms with Gasteiger partial charge in [-0.2, -0.15) is 0 Å². The Morgan fingerprint density at radius 3 is 2.22 bits per heavy atom. The quantitative estimate of drug-likeness (QED) is 0.907. The van der Waals surface area contributed by atoms with Crippen LogP contribution in [0.5, 0.6) is 5.75 Å². The number of ether oxygens (including phenoxy) is 1. The topological polar surface area (TPSA) is 58.6 Å². The van der Waals surface area contributed by atoms with Gasteiger partial charge in [0.2, 0.25) is 5.91 Å². The summed E-state index contributed by atoms with van der Waals surface area (Å²) >= 11 is 0. The molecule has 126 valence electrons. The molecule has 23 heavy (non-hydrogen) atoms. The number of likely N-dealkylation sites (tertiary alicyclic amines) is 1. The number of methoxy groups -OCH3 is 1. The van der Waals surface area contributed by atoms with Gasteiger partial charge >= 0.3 is 0 Å². The zero-order valence-electron chi connectivity index (χ0n) is 14.2. The van der Waals surface area contributed by atoms with E-state index in [2.05, 4.69) is 5.32 Å². The van der Waals surface area contributed by atoms with E-state index in [1.165, 1.54) is 6.42 Å². The Morgan fingerprint density at radius 1 is 1.09 bits per heavy atom. The van der Waals surface area contributed by atoms with Gasteiger partial charge in [-0.25, -0.2) is 0 Å². The summed E-state index contributed by atoms with van der Waals surface area (Å²) in [5.74, 6) is 0.552. The molecule has 1 aromatic rings. The first-order valence-electron chi connectivity index (χ1n) is 8.26. The molecule has 1 saturated heterocycles. The first kappa shape index (κ1) is 17.3. The summed E-state index contributed by atoms with van der Waals surface area (Å²) in [7, 11) is 1.58. The number of rotatable bonds is 5. The summed E-state index contributed by atoms with van der Waals surface area (Å²) in [5, 5.41) is 2.90. The Hall–Kier alpha value is -2.04. The molecule has 0 aliphatic carbocycles. The lowest BCUT2D eigenvalue weighted by Gasteiger charge is -2.32. The van der Waals surface area contributed by atoms with Crippen molar-refractivity contribution in [3.05, 3.63) is 29.8 Å². The summed E-state index contributed by atoms with van der Waals surface area (Å²) in [5.41, 5.74) is 0.530. The lowest BCUT2D eigenvalue weighted by atomic mass is 10.0. The molecule has 0 bridgehead atoms. The Balaban J connectivity index is 2.05. The average Bonchev–Trinajstić information content (AvgIpc) is 2.59. The predicted molar refractivity (Wildman–Crippen MR) is 89.5 cm³/mol. The van der Waals surface area contributed by atoms with Crippen molar-refractivity contribution in [2.75, 3.05) is 20.2 Å². The second-order valence-corrected chi connectivity index (χ2v) is 6.31. The van der Waals surface area contributed by atoms with Crippen molar-refractivity contribution in [2.45, 2.75) is 39.2 Å². The molecule has 2 rings (SSSR count).